The lowest BCUT2D eigenvalue weighted by atomic mass is 9.93. The van der Waals surface area contributed by atoms with E-state index in [-0.39, 0.29) is 5.82 Å². The molecule has 0 aromatic heterocycles. The summed E-state index contributed by atoms with van der Waals surface area (Å²) in [5.41, 5.74) is 9.60. The smallest absolute Gasteiger partial charge is 0.129 e. The van der Waals surface area contributed by atoms with Crippen LogP contribution in [0.25, 0.3) is 0 Å². The van der Waals surface area contributed by atoms with Gasteiger partial charge in [-0.2, -0.15) is 0 Å². The van der Waals surface area contributed by atoms with Crippen molar-refractivity contribution in [2.45, 2.75) is 19.9 Å². The second-order valence-electron chi connectivity index (χ2n) is 4.79. The fourth-order valence-electron chi connectivity index (χ4n) is 2.33. The Morgan fingerprint density at radius 2 is 1.90 bits per heavy atom. The maximum absolute atomic E-state index is 14.0. The number of aryl methyl sites for hydroxylation is 2. The van der Waals surface area contributed by atoms with Crippen molar-refractivity contribution in [1.82, 2.24) is 0 Å². The van der Waals surface area contributed by atoms with Gasteiger partial charge in [-0.05, 0) is 48.7 Å². The quantitative estimate of drug-likeness (QED) is 0.907. The summed E-state index contributed by atoms with van der Waals surface area (Å²) in [6.07, 6.45) is 0. The van der Waals surface area contributed by atoms with Gasteiger partial charge in [-0.3, -0.25) is 0 Å². The van der Waals surface area contributed by atoms with Gasteiger partial charge in [0.25, 0.3) is 0 Å². The third-order valence-corrected chi connectivity index (χ3v) is 4.12. The maximum atomic E-state index is 14.0. The van der Waals surface area contributed by atoms with Crippen molar-refractivity contribution in [3.63, 3.8) is 0 Å². The minimum absolute atomic E-state index is 0.306. The molecule has 0 saturated heterocycles. The van der Waals surface area contributed by atoms with Crippen molar-refractivity contribution >= 4 is 15.9 Å². The van der Waals surface area contributed by atoms with E-state index in [0.29, 0.717) is 10.0 Å². The molecule has 2 N–H and O–H groups in total. The van der Waals surface area contributed by atoms with Gasteiger partial charge in [-0.25, -0.2) is 4.39 Å². The Bertz CT molecular complexity index is 622. The fraction of sp³-hybridized carbons (Fsp3) is 0.250. The first-order valence-electron chi connectivity index (χ1n) is 6.30. The van der Waals surface area contributed by atoms with Crippen LogP contribution >= 0.6 is 15.9 Å². The van der Waals surface area contributed by atoms with Crippen molar-refractivity contribution < 1.29 is 9.13 Å². The monoisotopic (exact) mass is 337 g/mol. The van der Waals surface area contributed by atoms with Gasteiger partial charge >= 0.3 is 0 Å². The van der Waals surface area contributed by atoms with E-state index in [9.17, 15) is 4.39 Å². The molecule has 106 valence electrons. The van der Waals surface area contributed by atoms with Gasteiger partial charge in [0.1, 0.15) is 11.6 Å². The van der Waals surface area contributed by atoms with Gasteiger partial charge in [0, 0.05) is 10.0 Å². The van der Waals surface area contributed by atoms with Gasteiger partial charge in [-0.15, -0.1) is 0 Å². The van der Waals surface area contributed by atoms with Crippen LogP contribution in [0.15, 0.2) is 34.8 Å². The third kappa shape index (κ3) is 2.72. The van der Waals surface area contributed by atoms with Gasteiger partial charge < -0.3 is 10.5 Å². The molecule has 4 heteroatoms. The van der Waals surface area contributed by atoms with Crippen molar-refractivity contribution in [3.8, 4) is 5.75 Å². The second-order valence-corrected chi connectivity index (χ2v) is 5.65. The van der Waals surface area contributed by atoms with E-state index < -0.39 is 6.04 Å². The van der Waals surface area contributed by atoms with E-state index in [4.69, 9.17) is 10.5 Å². The highest BCUT2D eigenvalue weighted by atomic mass is 79.9. The highest BCUT2D eigenvalue weighted by Gasteiger charge is 2.19. The van der Waals surface area contributed by atoms with E-state index in [1.165, 1.54) is 6.07 Å². The van der Waals surface area contributed by atoms with Crippen LogP contribution in [0.2, 0.25) is 0 Å². The number of methoxy groups -OCH3 is 1. The van der Waals surface area contributed by atoms with Crippen LogP contribution in [0.5, 0.6) is 5.75 Å². The summed E-state index contributed by atoms with van der Waals surface area (Å²) < 4.78 is 20.0. The highest BCUT2D eigenvalue weighted by Crippen LogP contribution is 2.33. The Morgan fingerprint density at radius 1 is 1.20 bits per heavy atom. The van der Waals surface area contributed by atoms with Gasteiger partial charge in [0.05, 0.1) is 13.2 Å². The number of halogens is 2. The summed E-state index contributed by atoms with van der Waals surface area (Å²) in [5.74, 6) is 0.505. The van der Waals surface area contributed by atoms with E-state index >= 15 is 0 Å². The van der Waals surface area contributed by atoms with Crippen molar-refractivity contribution in [3.05, 3.63) is 62.9 Å². The molecule has 0 spiro atoms. The van der Waals surface area contributed by atoms with Crippen LogP contribution in [0.3, 0.4) is 0 Å². The fourth-order valence-corrected chi connectivity index (χ4v) is 2.92. The second kappa shape index (κ2) is 5.94. The first kappa shape index (κ1) is 15.0. The molecule has 1 unspecified atom stereocenters. The van der Waals surface area contributed by atoms with E-state index in [1.54, 1.807) is 19.2 Å². The molecular weight excluding hydrogens is 321 g/mol. The molecular formula is C16H17BrFNO. The number of ether oxygens (including phenoxy) is 1. The van der Waals surface area contributed by atoms with Crippen LogP contribution in [0.1, 0.15) is 28.3 Å². The van der Waals surface area contributed by atoms with Crippen LogP contribution in [-0.4, -0.2) is 7.11 Å². The summed E-state index contributed by atoms with van der Waals surface area (Å²) in [6.45, 7) is 3.90. The first-order valence-corrected chi connectivity index (χ1v) is 7.09. The zero-order valence-electron chi connectivity index (χ0n) is 11.7. The zero-order chi connectivity index (χ0) is 14.9. The number of rotatable bonds is 3. The number of benzene rings is 2. The molecule has 1 atom stereocenters. The molecule has 0 bridgehead atoms. The minimum atomic E-state index is -0.518. The molecule has 0 aliphatic rings. The van der Waals surface area contributed by atoms with Crippen LogP contribution in [0.4, 0.5) is 4.39 Å². The Kier molecular flexibility index (Phi) is 4.45. The molecule has 0 amide bonds. The molecule has 0 saturated carbocycles. The van der Waals surface area contributed by atoms with Gasteiger partial charge in [0.15, 0.2) is 0 Å². The predicted molar refractivity (Wildman–Crippen MR) is 82.6 cm³/mol. The molecule has 0 fully saturated rings. The molecule has 2 aromatic rings. The number of hydrogen-bond acceptors (Lipinski definition) is 2. The molecule has 20 heavy (non-hydrogen) atoms. The standard InChI is InChI=1S/C16H17BrFNO/c1-9-8-14(20-3)10(2)7-11(9)16(19)15-12(17)5-4-6-13(15)18/h4-8,16H,19H2,1-3H3. The third-order valence-electron chi connectivity index (χ3n) is 3.43. The topological polar surface area (TPSA) is 35.2 Å². The molecule has 0 radical (unpaired) electrons. The Hall–Kier alpha value is -1.39. The average Bonchev–Trinajstić information content (AvgIpc) is 2.40. The van der Waals surface area contributed by atoms with Crippen LogP contribution < -0.4 is 10.5 Å². The predicted octanol–water partition coefficient (Wildman–Crippen LogP) is 4.26. The van der Waals surface area contributed by atoms with Crippen LogP contribution in [-0.2, 0) is 0 Å². The van der Waals surface area contributed by atoms with Crippen molar-refractivity contribution in [1.29, 1.82) is 0 Å². The van der Waals surface area contributed by atoms with E-state index in [2.05, 4.69) is 15.9 Å². The van der Waals surface area contributed by atoms with E-state index in [1.807, 2.05) is 26.0 Å². The summed E-state index contributed by atoms with van der Waals surface area (Å²) >= 11 is 3.37. The number of hydrogen-bond donors (Lipinski definition) is 1. The van der Waals surface area contributed by atoms with Crippen LogP contribution in [0, 0.1) is 19.7 Å². The average molecular weight is 338 g/mol. The lowest BCUT2D eigenvalue weighted by Gasteiger charge is -2.19. The van der Waals surface area contributed by atoms with Gasteiger partial charge in [0.2, 0.25) is 0 Å². The number of nitrogens with two attached hydrogens (primary N) is 1. The normalized spacial score (nSPS) is 12.3. The molecule has 0 aliphatic carbocycles. The molecule has 0 heterocycles. The van der Waals surface area contributed by atoms with Crippen molar-refractivity contribution in [2.24, 2.45) is 5.73 Å². The molecule has 2 aromatic carbocycles. The molecule has 0 aliphatic heterocycles. The zero-order valence-corrected chi connectivity index (χ0v) is 13.3. The SMILES string of the molecule is COc1cc(C)c(C(N)c2c(F)cccc2Br)cc1C. The minimum Gasteiger partial charge on any atom is -0.496 e. The summed E-state index contributed by atoms with van der Waals surface area (Å²) in [4.78, 5) is 0. The largest absolute Gasteiger partial charge is 0.496 e. The Morgan fingerprint density at radius 3 is 2.50 bits per heavy atom. The molecule has 2 rings (SSSR count). The maximum Gasteiger partial charge on any atom is 0.129 e. The summed E-state index contributed by atoms with van der Waals surface area (Å²) in [5, 5.41) is 0. The Labute approximate surface area is 126 Å². The van der Waals surface area contributed by atoms with E-state index in [0.717, 1.165) is 22.4 Å². The van der Waals surface area contributed by atoms with Gasteiger partial charge in [-0.1, -0.05) is 28.1 Å². The molecule has 2 nitrogen and oxygen atoms in total. The summed E-state index contributed by atoms with van der Waals surface area (Å²) in [7, 11) is 1.63. The van der Waals surface area contributed by atoms with Crippen molar-refractivity contribution in [2.75, 3.05) is 7.11 Å². The Balaban J connectivity index is 2.54. The lowest BCUT2D eigenvalue weighted by molar-refractivity contribution is 0.411. The lowest BCUT2D eigenvalue weighted by Crippen LogP contribution is -2.16. The summed E-state index contributed by atoms with van der Waals surface area (Å²) in [6, 6.07) is 8.24. The first-order chi connectivity index (χ1) is 9.45. The highest BCUT2D eigenvalue weighted by molar-refractivity contribution is 9.10.